The summed E-state index contributed by atoms with van der Waals surface area (Å²) in [6.45, 7) is 3.84. The molecule has 0 atom stereocenters. The van der Waals surface area contributed by atoms with Crippen LogP contribution in [0.5, 0.6) is 5.75 Å². The number of ether oxygens (including phenoxy) is 2. The summed E-state index contributed by atoms with van der Waals surface area (Å²) in [7, 11) is 0. The molecule has 0 saturated heterocycles. The summed E-state index contributed by atoms with van der Waals surface area (Å²) in [6.07, 6.45) is 0. The SMILES string of the molecule is CCOC(=O)c1ccc(OC(=O)c2cc3c(C)nn(-c4cccc(F)c4)c3s2)cc1. The maximum atomic E-state index is 13.6. The highest BCUT2D eigenvalue weighted by atomic mass is 32.1. The molecule has 0 amide bonds. The molecule has 0 aliphatic heterocycles. The van der Waals surface area contributed by atoms with Crippen LogP contribution >= 0.6 is 11.3 Å². The van der Waals surface area contributed by atoms with Gasteiger partial charge in [-0.15, -0.1) is 11.3 Å². The Bertz CT molecular complexity index is 1240. The van der Waals surface area contributed by atoms with Crippen LogP contribution in [0.2, 0.25) is 0 Å². The van der Waals surface area contributed by atoms with Gasteiger partial charge in [-0.1, -0.05) is 6.07 Å². The van der Waals surface area contributed by atoms with Crippen molar-refractivity contribution in [2.75, 3.05) is 6.61 Å². The van der Waals surface area contributed by atoms with Gasteiger partial charge in [-0.25, -0.2) is 18.7 Å². The average molecular weight is 424 g/mol. The van der Waals surface area contributed by atoms with Crippen molar-refractivity contribution < 1.29 is 23.5 Å². The van der Waals surface area contributed by atoms with E-state index >= 15 is 0 Å². The van der Waals surface area contributed by atoms with Gasteiger partial charge in [0.1, 0.15) is 21.3 Å². The number of carbonyl (C=O) groups is 2. The van der Waals surface area contributed by atoms with E-state index in [2.05, 4.69) is 5.10 Å². The lowest BCUT2D eigenvalue weighted by Gasteiger charge is -2.05. The zero-order chi connectivity index (χ0) is 21.3. The van der Waals surface area contributed by atoms with Crippen LogP contribution in [0.25, 0.3) is 15.9 Å². The first-order valence-corrected chi connectivity index (χ1v) is 10.0. The highest BCUT2D eigenvalue weighted by molar-refractivity contribution is 7.20. The molecule has 0 bridgehead atoms. The molecule has 0 saturated carbocycles. The zero-order valence-corrected chi connectivity index (χ0v) is 17.0. The van der Waals surface area contributed by atoms with E-state index in [0.29, 0.717) is 21.9 Å². The molecule has 0 radical (unpaired) electrons. The molecule has 30 heavy (non-hydrogen) atoms. The first-order chi connectivity index (χ1) is 14.5. The first-order valence-electron chi connectivity index (χ1n) is 9.20. The number of carbonyl (C=O) groups excluding carboxylic acids is 2. The summed E-state index contributed by atoms with van der Waals surface area (Å²) in [6, 6.07) is 14.0. The fourth-order valence-corrected chi connectivity index (χ4v) is 4.02. The number of hydrogen-bond donors (Lipinski definition) is 0. The van der Waals surface area contributed by atoms with Gasteiger partial charge in [-0.3, -0.25) is 0 Å². The summed E-state index contributed by atoms with van der Waals surface area (Å²) in [5.74, 6) is -1.01. The zero-order valence-electron chi connectivity index (χ0n) is 16.2. The van der Waals surface area contributed by atoms with Crippen molar-refractivity contribution in [2.45, 2.75) is 13.8 Å². The van der Waals surface area contributed by atoms with Gasteiger partial charge in [0.15, 0.2) is 0 Å². The van der Waals surface area contributed by atoms with E-state index < -0.39 is 11.9 Å². The normalized spacial score (nSPS) is 10.9. The molecule has 0 aliphatic rings. The summed E-state index contributed by atoms with van der Waals surface area (Å²) in [5.41, 5.74) is 1.68. The second-order valence-corrected chi connectivity index (χ2v) is 7.47. The molecular weight excluding hydrogens is 407 g/mol. The van der Waals surface area contributed by atoms with E-state index in [0.717, 1.165) is 15.9 Å². The number of benzene rings is 2. The first kappa shape index (κ1) is 19.8. The van der Waals surface area contributed by atoms with E-state index in [9.17, 15) is 14.0 Å². The van der Waals surface area contributed by atoms with Crippen molar-refractivity contribution in [2.24, 2.45) is 0 Å². The van der Waals surface area contributed by atoms with Gasteiger partial charge in [0.05, 0.1) is 23.6 Å². The van der Waals surface area contributed by atoms with Gasteiger partial charge in [0.2, 0.25) is 0 Å². The number of esters is 2. The second-order valence-electron chi connectivity index (χ2n) is 6.44. The summed E-state index contributed by atoms with van der Waals surface area (Å²) < 4.78 is 25.6. The monoisotopic (exact) mass is 424 g/mol. The molecule has 4 aromatic rings. The Labute approximate surface area is 175 Å². The van der Waals surface area contributed by atoms with E-state index in [-0.39, 0.29) is 12.4 Å². The number of fused-ring (bicyclic) bond motifs is 1. The fourth-order valence-electron chi connectivity index (χ4n) is 2.96. The second kappa shape index (κ2) is 8.08. The Morgan fingerprint density at radius 3 is 2.57 bits per heavy atom. The Morgan fingerprint density at radius 1 is 1.10 bits per heavy atom. The van der Waals surface area contributed by atoms with Gasteiger partial charge in [-0.05, 0) is 62.4 Å². The largest absolute Gasteiger partial charge is 0.462 e. The van der Waals surface area contributed by atoms with Crippen molar-refractivity contribution in [3.05, 3.63) is 76.5 Å². The number of thiophene rings is 1. The lowest BCUT2D eigenvalue weighted by Crippen LogP contribution is -2.07. The molecule has 0 unspecified atom stereocenters. The Kier molecular flexibility index (Phi) is 5.33. The van der Waals surface area contributed by atoms with Crippen molar-refractivity contribution in [3.8, 4) is 11.4 Å². The number of aryl methyl sites for hydroxylation is 1. The number of halogens is 1. The fraction of sp³-hybridized carbons (Fsp3) is 0.136. The number of hydrogen-bond acceptors (Lipinski definition) is 6. The minimum atomic E-state index is -0.523. The van der Waals surface area contributed by atoms with Crippen LogP contribution in [0.1, 0.15) is 32.6 Å². The highest BCUT2D eigenvalue weighted by Crippen LogP contribution is 2.31. The maximum absolute atomic E-state index is 13.6. The predicted molar refractivity (Wildman–Crippen MR) is 111 cm³/mol. The molecule has 0 N–H and O–H groups in total. The van der Waals surface area contributed by atoms with E-state index in [1.54, 1.807) is 29.8 Å². The molecule has 152 valence electrons. The molecule has 2 heterocycles. The van der Waals surface area contributed by atoms with Crippen LogP contribution in [0.3, 0.4) is 0 Å². The summed E-state index contributed by atoms with van der Waals surface area (Å²) >= 11 is 1.22. The quantitative estimate of drug-likeness (QED) is 0.336. The van der Waals surface area contributed by atoms with Crippen LogP contribution in [0.15, 0.2) is 54.6 Å². The molecule has 4 rings (SSSR count). The molecule has 6 nitrogen and oxygen atoms in total. The molecule has 0 spiro atoms. The molecule has 8 heteroatoms. The Balaban J connectivity index is 1.58. The molecule has 0 fully saturated rings. The lowest BCUT2D eigenvalue weighted by atomic mass is 10.2. The van der Waals surface area contributed by atoms with Crippen LogP contribution in [0.4, 0.5) is 4.39 Å². The third-order valence-electron chi connectivity index (χ3n) is 4.37. The number of nitrogens with zero attached hydrogens (tertiary/aromatic N) is 2. The van der Waals surface area contributed by atoms with Gasteiger partial charge >= 0.3 is 11.9 Å². The smallest absolute Gasteiger partial charge is 0.353 e. The Morgan fingerprint density at radius 2 is 1.87 bits per heavy atom. The molecular formula is C22H17FN2O4S. The predicted octanol–water partition coefficient (Wildman–Crippen LogP) is 4.93. The average Bonchev–Trinajstić information content (AvgIpc) is 3.29. The third kappa shape index (κ3) is 3.81. The van der Waals surface area contributed by atoms with Gasteiger partial charge < -0.3 is 9.47 Å². The van der Waals surface area contributed by atoms with Crippen LogP contribution in [-0.4, -0.2) is 28.3 Å². The van der Waals surface area contributed by atoms with Crippen molar-refractivity contribution >= 4 is 33.5 Å². The van der Waals surface area contributed by atoms with Gasteiger partial charge in [0, 0.05) is 5.39 Å². The van der Waals surface area contributed by atoms with Crippen LogP contribution < -0.4 is 4.74 Å². The highest BCUT2D eigenvalue weighted by Gasteiger charge is 2.19. The van der Waals surface area contributed by atoms with E-state index in [1.165, 1.54) is 47.7 Å². The van der Waals surface area contributed by atoms with Gasteiger partial charge in [0.25, 0.3) is 0 Å². The van der Waals surface area contributed by atoms with Crippen molar-refractivity contribution in [1.29, 1.82) is 0 Å². The number of rotatable bonds is 5. The minimum absolute atomic E-state index is 0.286. The standard InChI is InChI=1S/C22H17FN2O4S/c1-3-28-21(26)14-7-9-17(10-8-14)29-22(27)19-12-18-13(2)24-25(20(18)30-19)16-6-4-5-15(23)11-16/h4-12H,3H2,1-2H3. The van der Waals surface area contributed by atoms with Crippen molar-refractivity contribution in [1.82, 2.24) is 9.78 Å². The topological polar surface area (TPSA) is 70.4 Å². The van der Waals surface area contributed by atoms with Crippen LogP contribution in [-0.2, 0) is 4.74 Å². The summed E-state index contributed by atoms with van der Waals surface area (Å²) in [5, 5.41) is 5.25. The van der Waals surface area contributed by atoms with Gasteiger partial charge in [-0.2, -0.15) is 5.10 Å². The molecule has 0 aliphatic carbocycles. The van der Waals surface area contributed by atoms with Crippen molar-refractivity contribution in [3.63, 3.8) is 0 Å². The Hall–Kier alpha value is -3.52. The maximum Gasteiger partial charge on any atom is 0.353 e. The molecule has 2 aromatic carbocycles. The minimum Gasteiger partial charge on any atom is -0.462 e. The lowest BCUT2D eigenvalue weighted by molar-refractivity contribution is 0.0526. The molecule has 2 aromatic heterocycles. The summed E-state index contributed by atoms with van der Waals surface area (Å²) in [4.78, 5) is 25.5. The number of aromatic nitrogens is 2. The van der Waals surface area contributed by atoms with Crippen LogP contribution in [0, 0.1) is 12.7 Å². The van der Waals surface area contributed by atoms with E-state index in [1.807, 2.05) is 6.92 Å². The van der Waals surface area contributed by atoms with E-state index in [4.69, 9.17) is 9.47 Å². The third-order valence-corrected chi connectivity index (χ3v) is 5.47.